The molecule has 0 fully saturated rings. The van der Waals surface area contributed by atoms with Crippen molar-refractivity contribution < 1.29 is 19.1 Å². The van der Waals surface area contributed by atoms with Crippen molar-refractivity contribution in [3.63, 3.8) is 0 Å². The Balaban J connectivity index is 1.77. The number of nitrogens with one attached hydrogen (secondary N) is 2. The van der Waals surface area contributed by atoms with Crippen LogP contribution in [0.25, 0.3) is 11.3 Å². The van der Waals surface area contributed by atoms with Crippen LogP contribution >= 0.6 is 11.3 Å². The van der Waals surface area contributed by atoms with E-state index in [0.717, 1.165) is 22.5 Å². The number of para-hydroxylation sites is 1. The van der Waals surface area contributed by atoms with E-state index in [2.05, 4.69) is 41.8 Å². The second-order valence-corrected chi connectivity index (χ2v) is 9.55. The number of hydrogen-bond donors (Lipinski definition) is 2. The number of thiazole rings is 1. The van der Waals surface area contributed by atoms with Gasteiger partial charge in [0.05, 0.1) is 36.0 Å². The largest absolute Gasteiger partial charge is 0.463 e. The van der Waals surface area contributed by atoms with Gasteiger partial charge in [-0.15, -0.1) is 11.3 Å². The molecule has 2 N–H and O–H groups in total. The minimum Gasteiger partial charge on any atom is -0.463 e. The van der Waals surface area contributed by atoms with Gasteiger partial charge >= 0.3 is 11.9 Å². The predicted molar refractivity (Wildman–Crippen MR) is 147 cm³/mol. The van der Waals surface area contributed by atoms with Crippen LogP contribution < -0.4 is 10.6 Å². The molecular formula is C29H31N3O4S. The lowest BCUT2D eigenvalue weighted by Crippen LogP contribution is -2.32. The highest BCUT2D eigenvalue weighted by Gasteiger charge is 2.39. The molecule has 0 amide bonds. The van der Waals surface area contributed by atoms with Gasteiger partial charge < -0.3 is 20.1 Å². The topological polar surface area (TPSA) is 89.5 Å². The molecule has 37 heavy (non-hydrogen) atoms. The lowest BCUT2D eigenvalue weighted by Gasteiger charge is -2.31. The molecule has 0 atom stereocenters. The van der Waals surface area contributed by atoms with E-state index in [0.29, 0.717) is 27.7 Å². The monoisotopic (exact) mass is 517 g/mol. The van der Waals surface area contributed by atoms with Crippen molar-refractivity contribution in [3.8, 4) is 11.3 Å². The van der Waals surface area contributed by atoms with Crippen LogP contribution in [0.3, 0.4) is 0 Å². The average molecular weight is 518 g/mol. The number of esters is 2. The van der Waals surface area contributed by atoms with E-state index >= 15 is 0 Å². The second-order valence-electron chi connectivity index (χ2n) is 8.69. The first-order valence-corrected chi connectivity index (χ1v) is 13.1. The molecule has 7 nitrogen and oxygen atoms in total. The van der Waals surface area contributed by atoms with Gasteiger partial charge in [0, 0.05) is 28.0 Å². The number of ether oxygens (including phenoxy) is 2. The van der Waals surface area contributed by atoms with E-state index in [9.17, 15) is 9.59 Å². The number of carbonyl (C=O) groups is 2. The minimum absolute atomic E-state index is 0.223. The number of allylic oxidation sites excluding steroid dienone is 2. The maximum Gasteiger partial charge on any atom is 0.336 e. The molecule has 1 aliphatic rings. The first kappa shape index (κ1) is 26.2. The van der Waals surface area contributed by atoms with Crippen LogP contribution in [-0.2, 0) is 19.1 Å². The smallest absolute Gasteiger partial charge is 0.336 e. The van der Waals surface area contributed by atoms with Gasteiger partial charge in [0.1, 0.15) is 0 Å². The summed E-state index contributed by atoms with van der Waals surface area (Å²) < 4.78 is 10.8. The lowest BCUT2D eigenvalue weighted by atomic mass is 9.79. The summed E-state index contributed by atoms with van der Waals surface area (Å²) in [6.07, 6.45) is 0. The Morgan fingerprint density at radius 2 is 1.51 bits per heavy atom. The fraction of sp³-hybridized carbons (Fsp3) is 0.276. The number of carbonyl (C=O) groups excluding carboxylic acids is 2. The molecule has 1 aliphatic heterocycles. The summed E-state index contributed by atoms with van der Waals surface area (Å²) in [5, 5.41) is 9.31. The fourth-order valence-electron chi connectivity index (χ4n) is 4.43. The van der Waals surface area contributed by atoms with Crippen LogP contribution in [0.2, 0.25) is 0 Å². The number of aryl methyl sites for hydroxylation is 1. The van der Waals surface area contributed by atoms with Crippen molar-refractivity contribution >= 4 is 34.1 Å². The second kappa shape index (κ2) is 11.4. The van der Waals surface area contributed by atoms with Crippen LogP contribution in [-0.4, -0.2) is 30.1 Å². The van der Waals surface area contributed by atoms with Gasteiger partial charge in [-0.1, -0.05) is 48.0 Å². The third-order valence-electron chi connectivity index (χ3n) is 6.12. The van der Waals surface area contributed by atoms with Crippen LogP contribution in [0.5, 0.6) is 0 Å². The van der Waals surface area contributed by atoms with E-state index in [1.165, 1.54) is 16.9 Å². The zero-order valence-corrected chi connectivity index (χ0v) is 22.5. The molecule has 1 aromatic heterocycles. The molecular weight excluding hydrogens is 486 g/mol. The summed E-state index contributed by atoms with van der Waals surface area (Å²) in [6, 6.07) is 15.8. The molecule has 0 saturated heterocycles. The maximum absolute atomic E-state index is 13.2. The molecule has 2 heterocycles. The highest BCUT2D eigenvalue weighted by molar-refractivity contribution is 7.14. The first-order valence-electron chi connectivity index (χ1n) is 12.2. The third kappa shape index (κ3) is 5.59. The Labute approximate surface area is 221 Å². The van der Waals surface area contributed by atoms with E-state index in [4.69, 9.17) is 14.5 Å². The molecule has 3 aromatic rings. The molecule has 8 heteroatoms. The quantitative estimate of drug-likeness (QED) is 0.343. The van der Waals surface area contributed by atoms with Gasteiger partial charge in [-0.2, -0.15) is 0 Å². The Hall–Kier alpha value is -3.91. The zero-order chi connectivity index (χ0) is 26.5. The number of benzene rings is 2. The lowest BCUT2D eigenvalue weighted by molar-refractivity contribution is -0.139. The highest BCUT2D eigenvalue weighted by Crippen LogP contribution is 2.43. The minimum atomic E-state index is -0.681. The predicted octanol–water partition coefficient (Wildman–Crippen LogP) is 6.22. The van der Waals surface area contributed by atoms with Gasteiger partial charge in [0.2, 0.25) is 0 Å². The SMILES string of the molecule is CCOC(=O)C1=C(C)NC(C)=C(C(=O)OCC)C1c1ccccc1Nc1nc(-c2ccc(C)cc2)cs1. The Bertz CT molecular complexity index is 1330. The van der Waals surface area contributed by atoms with Gasteiger partial charge in [-0.05, 0) is 46.2 Å². The summed E-state index contributed by atoms with van der Waals surface area (Å²) >= 11 is 1.49. The van der Waals surface area contributed by atoms with Crippen LogP contribution in [0.15, 0.2) is 76.5 Å². The summed E-state index contributed by atoms with van der Waals surface area (Å²) in [5.41, 5.74) is 6.62. The normalized spacial score (nSPS) is 13.9. The van der Waals surface area contributed by atoms with E-state index in [1.807, 2.05) is 43.5 Å². The van der Waals surface area contributed by atoms with Crippen molar-refractivity contribution in [1.29, 1.82) is 0 Å². The molecule has 0 spiro atoms. The van der Waals surface area contributed by atoms with Gasteiger partial charge in [0.15, 0.2) is 5.13 Å². The van der Waals surface area contributed by atoms with Crippen molar-refractivity contribution in [2.45, 2.75) is 40.5 Å². The zero-order valence-electron chi connectivity index (χ0n) is 21.7. The molecule has 0 radical (unpaired) electrons. The van der Waals surface area contributed by atoms with Crippen LogP contribution in [0.4, 0.5) is 10.8 Å². The number of aromatic nitrogens is 1. The molecule has 0 aliphatic carbocycles. The maximum atomic E-state index is 13.2. The molecule has 2 aromatic carbocycles. The molecule has 0 bridgehead atoms. The van der Waals surface area contributed by atoms with Crippen LogP contribution in [0.1, 0.15) is 44.7 Å². The van der Waals surface area contributed by atoms with Gasteiger partial charge in [0.25, 0.3) is 0 Å². The highest BCUT2D eigenvalue weighted by atomic mass is 32.1. The number of hydrogen-bond acceptors (Lipinski definition) is 8. The standard InChI is InChI=1S/C29H31N3O4S/c1-6-35-27(33)24-18(4)30-19(5)25(28(34)36-7-2)26(24)21-10-8-9-11-22(21)31-29-32-23(16-37-29)20-14-12-17(3)13-15-20/h8-16,26,30H,6-7H2,1-5H3,(H,31,32). The average Bonchev–Trinajstić information content (AvgIpc) is 3.33. The van der Waals surface area contributed by atoms with Crippen molar-refractivity contribution in [2.75, 3.05) is 18.5 Å². The molecule has 0 saturated carbocycles. The summed E-state index contributed by atoms with van der Waals surface area (Å²) in [4.78, 5) is 31.1. The van der Waals surface area contributed by atoms with E-state index in [1.54, 1.807) is 13.8 Å². The van der Waals surface area contributed by atoms with E-state index in [-0.39, 0.29) is 13.2 Å². The fourth-order valence-corrected chi connectivity index (χ4v) is 5.16. The van der Waals surface area contributed by atoms with Crippen molar-refractivity contribution in [1.82, 2.24) is 10.3 Å². The number of nitrogens with zero attached hydrogens (tertiary/aromatic N) is 1. The number of anilines is 2. The van der Waals surface area contributed by atoms with E-state index < -0.39 is 17.9 Å². The van der Waals surface area contributed by atoms with Crippen molar-refractivity contribution in [2.24, 2.45) is 0 Å². The molecule has 192 valence electrons. The summed E-state index contributed by atoms with van der Waals surface area (Å²) in [6.45, 7) is 9.65. The number of rotatable bonds is 8. The summed E-state index contributed by atoms with van der Waals surface area (Å²) in [5.74, 6) is -1.63. The van der Waals surface area contributed by atoms with Gasteiger partial charge in [-0.25, -0.2) is 14.6 Å². The Morgan fingerprint density at radius 3 is 2.11 bits per heavy atom. The van der Waals surface area contributed by atoms with Crippen LogP contribution in [0, 0.1) is 6.92 Å². The van der Waals surface area contributed by atoms with Crippen molar-refractivity contribution in [3.05, 3.63) is 87.6 Å². The Kier molecular flexibility index (Phi) is 8.08. The Morgan fingerprint density at radius 1 is 0.919 bits per heavy atom. The van der Waals surface area contributed by atoms with Gasteiger partial charge in [-0.3, -0.25) is 0 Å². The first-order chi connectivity index (χ1) is 17.8. The molecule has 4 rings (SSSR count). The molecule has 0 unspecified atom stereocenters. The number of dihydropyridines is 1. The third-order valence-corrected chi connectivity index (χ3v) is 6.87. The summed E-state index contributed by atoms with van der Waals surface area (Å²) in [7, 11) is 0.